The van der Waals surface area contributed by atoms with Gasteiger partial charge in [0.25, 0.3) is 0 Å². The minimum absolute atomic E-state index is 0.0285. The fourth-order valence-electron chi connectivity index (χ4n) is 3.58. The molecule has 9 heteroatoms. The summed E-state index contributed by atoms with van der Waals surface area (Å²) in [5.41, 5.74) is 1.30. The maximum absolute atomic E-state index is 12.5. The van der Waals surface area contributed by atoms with Gasteiger partial charge in [-0.15, -0.1) is 10.2 Å². The third kappa shape index (κ3) is 3.90. The first-order chi connectivity index (χ1) is 11.6. The number of likely N-dealkylation sites (tertiary alicyclic amines) is 1. The predicted octanol–water partition coefficient (Wildman–Crippen LogP) is 0.220. The van der Waals surface area contributed by atoms with Gasteiger partial charge >= 0.3 is 0 Å². The Morgan fingerprint density at radius 2 is 2.38 bits per heavy atom. The monoisotopic (exact) mass is 353 g/mol. The summed E-state index contributed by atoms with van der Waals surface area (Å²) in [5.74, 6) is -0.259. The van der Waals surface area contributed by atoms with Crippen molar-refractivity contribution in [2.45, 2.75) is 38.2 Å². The lowest BCUT2D eigenvalue weighted by Crippen LogP contribution is -2.58. The molecule has 24 heavy (non-hydrogen) atoms. The first-order valence-corrected chi connectivity index (χ1v) is 9.20. The van der Waals surface area contributed by atoms with Crippen LogP contribution < -0.4 is 10.6 Å². The van der Waals surface area contributed by atoms with Gasteiger partial charge in [0, 0.05) is 37.9 Å². The molecule has 1 aromatic rings. The lowest BCUT2D eigenvalue weighted by atomic mass is 9.72. The summed E-state index contributed by atoms with van der Waals surface area (Å²) < 4.78 is 0. The molecule has 2 atom stereocenters. The number of aliphatic hydroxyl groups is 1. The highest BCUT2D eigenvalue weighted by atomic mass is 32.1. The van der Waals surface area contributed by atoms with Gasteiger partial charge in [0.15, 0.2) is 0 Å². The molecule has 2 saturated heterocycles. The van der Waals surface area contributed by atoms with Crippen molar-refractivity contribution in [3.05, 3.63) is 5.51 Å². The van der Waals surface area contributed by atoms with Gasteiger partial charge in [0.2, 0.25) is 16.9 Å². The lowest BCUT2D eigenvalue weighted by Gasteiger charge is -2.48. The Morgan fingerprint density at radius 1 is 1.50 bits per heavy atom. The number of nitrogens with zero attached hydrogens (tertiary/aromatic N) is 3. The Hall–Kier alpha value is -1.58. The Labute approximate surface area is 144 Å². The van der Waals surface area contributed by atoms with Crippen LogP contribution in [0.15, 0.2) is 5.51 Å². The average molecular weight is 353 g/mol. The highest BCUT2D eigenvalue weighted by Gasteiger charge is 2.43. The van der Waals surface area contributed by atoms with Gasteiger partial charge in [-0.25, -0.2) is 0 Å². The molecule has 3 heterocycles. The molecule has 0 unspecified atom stereocenters. The van der Waals surface area contributed by atoms with Crippen LogP contribution in [0.3, 0.4) is 0 Å². The van der Waals surface area contributed by atoms with Crippen LogP contribution in [0.5, 0.6) is 0 Å². The standard InChI is InChI=1S/C15H23N5O3S/c21-11-4-6-16-8-15(11)5-1-7-20(9-15)13(23)3-2-12(22)18-14-19-17-10-24-14/h10-11,16,21H,1-9H2,(H,18,19,22)/t11-,15-/m0/s1. The van der Waals surface area contributed by atoms with Crippen LogP contribution in [0.1, 0.15) is 32.1 Å². The van der Waals surface area contributed by atoms with Crippen molar-refractivity contribution < 1.29 is 14.7 Å². The predicted molar refractivity (Wildman–Crippen MR) is 89.5 cm³/mol. The minimum Gasteiger partial charge on any atom is -0.392 e. The molecule has 0 aliphatic carbocycles. The molecule has 2 aliphatic heterocycles. The topological polar surface area (TPSA) is 107 Å². The van der Waals surface area contributed by atoms with E-state index in [1.807, 2.05) is 0 Å². The number of hydrogen-bond donors (Lipinski definition) is 3. The van der Waals surface area contributed by atoms with Crippen molar-refractivity contribution in [3.63, 3.8) is 0 Å². The second-order valence-electron chi connectivity index (χ2n) is 6.55. The van der Waals surface area contributed by atoms with E-state index in [0.29, 0.717) is 18.2 Å². The average Bonchev–Trinajstić information content (AvgIpc) is 3.09. The molecule has 1 aromatic heterocycles. The van der Waals surface area contributed by atoms with Gasteiger partial charge in [0.1, 0.15) is 5.51 Å². The Kier molecular flexibility index (Phi) is 5.42. The van der Waals surface area contributed by atoms with Gasteiger partial charge < -0.3 is 20.6 Å². The fourth-order valence-corrected chi connectivity index (χ4v) is 4.04. The molecule has 0 radical (unpaired) electrons. The fraction of sp³-hybridized carbons (Fsp3) is 0.733. The number of rotatable bonds is 4. The number of piperidine rings is 2. The van der Waals surface area contributed by atoms with E-state index in [4.69, 9.17) is 0 Å². The van der Waals surface area contributed by atoms with Crippen LogP contribution in [-0.2, 0) is 9.59 Å². The summed E-state index contributed by atoms with van der Waals surface area (Å²) in [6.45, 7) is 2.83. The molecular formula is C15H23N5O3S. The van der Waals surface area contributed by atoms with E-state index in [-0.39, 0.29) is 36.2 Å². The summed E-state index contributed by atoms with van der Waals surface area (Å²) in [6.07, 6.45) is 2.48. The molecule has 2 amide bonds. The van der Waals surface area contributed by atoms with Crippen LogP contribution in [0.2, 0.25) is 0 Å². The first kappa shape index (κ1) is 17.2. The number of nitrogens with one attached hydrogen (secondary N) is 2. The second-order valence-corrected chi connectivity index (χ2v) is 7.39. The number of carbonyl (C=O) groups is 2. The van der Waals surface area contributed by atoms with Crippen LogP contribution in [-0.4, -0.2) is 64.3 Å². The Bertz CT molecular complexity index is 578. The Morgan fingerprint density at radius 3 is 3.12 bits per heavy atom. The smallest absolute Gasteiger partial charge is 0.226 e. The van der Waals surface area contributed by atoms with E-state index in [1.165, 1.54) is 16.8 Å². The van der Waals surface area contributed by atoms with Crippen molar-refractivity contribution in [1.82, 2.24) is 20.4 Å². The summed E-state index contributed by atoms with van der Waals surface area (Å²) >= 11 is 1.24. The molecule has 0 bridgehead atoms. The lowest BCUT2D eigenvalue weighted by molar-refractivity contribution is -0.139. The van der Waals surface area contributed by atoms with Crippen LogP contribution in [0, 0.1) is 5.41 Å². The van der Waals surface area contributed by atoms with Gasteiger partial charge in [-0.1, -0.05) is 11.3 Å². The normalized spacial score (nSPS) is 27.2. The van der Waals surface area contributed by atoms with Crippen LogP contribution >= 0.6 is 11.3 Å². The molecular weight excluding hydrogens is 330 g/mol. The molecule has 3 rings (SSSR count). The van der Waals surface area contributed by atoms with E-state index < -0.39 is 0 Å². The van der Waals surface area contributed by atoms with Crippen LogP contribution in [0.25, 0.3) is 0 Å². The zero-order chi connectivity index (χ0) is 17.0. The number of hydrogen-bond acceptors (Lipinski definition) is 7. The summed E-state index contributed by atoms with van der Waals surface area (Å²) in [5, 5.41) is 24.2. The number of aliphatic hydroxyl groups excluding tert-OH is 1. The number of aromatic nitrogens is 2. The van der Waals surface area contributed by atoms with Gasteiger partial charge in [-0.2, -0.15) is 0 Å². The van der Waals surface area contributed by atoms with Crippen molar-refractivity contribution in [2.75, 3.05) is 31.5 Å². The molecule has 132 valence electrons. The first-order valence-electron chi connectivity index (χ1n) is 8.32. The van der Waals surface area contributed by atoms with E-state index in [0.717, 1.165) is 32.4 Å². The number of amides is 2. The third-order valence-corrected chi connectivity index (χ3v) is 5.52. The van der Waals surface area contributed by atoms with Gasteiger partial charge in [-0.05, 0) is 25.8 Å². The second kappa shape index (κ2) is 7.54. The van der Waals surface area contributed by atoms with Crippen molar-refractivity contribution in [3.8, 4) is 0 Å². The molecule has 2 fully saturated rings. The summed E-state index contributed by atoms with van der Waals surface area (Å²) in [6, 6.07) is 0. The van der Waals surface area contributed by atoms with Crippen molar-refractivity contribution in [1.29, 1.82) is 0 Å². The van der Waals surface area contributed by atoms with E-state index in [2.05, 4.69) is 20.8 Å². The molecule has 0 aromatic carbocycles. The highest BCUT2D eigenvalue weighted by molar-refractivity contribution is 7.13. The maximum Gasteiger partial charge on any atom is 0.226 e. The summed E-state index contributed by atoms with van der Waals surface area (Å²) in [4.78, 5) is 26.1. The zero-order valence-corrected chi connectivity index (χ0v) is 14.3. The molecule has 2 aliphatic rings. The molecule has 8 nitrogen and oxygen atoms in total. The summed E-state index contributed by atoms with van der Waals surface area (Å²) in [7, 11) is 0. The van der Waals surface area contributed by atoms with Gasteiger partial charge in [0.05, 0.1) is 6.10 Å². The maximum atomic E-state index is 12.5. The van der Waals surface area contributed by atoms with Crippen molar-refractivity contribution >= 4 is 28.3 Å². The van der Waals surface area contributed by atoms with E-state index in [1.54, 1.807) is 4.90 Å². The molecule has 1 spiro atoms. The minimum atomic E-state index is -0.366. The number of anilines is 1. The zero-order valence-electron chi connectivity index (χ0n) is 13.5. The van der Waals surface area contributed by atoms with Gasteiger partial charge in [-0.3, -0.25) is 9.59 Å². The van der Waals surface area contributed by atoms with Crippen molar-refractivity contribution in [2.24, 2.45) is 5.41 Å². The van der Waals surface area contributed by atoms with E-state index >= 15 is 0 Å². The number of carbonyl (C=O) groups excluding carboxylic acids is 2. The Balaban J connectivity index is 1.50. The third-order valence-electron chi connectivity index (χ3n) is 4.91. The van der Waals surface area contributed by atoms with E-state index in [9.17, 15) is 14.7 Å². The highest BCUT2D eigenvalue weighted by Crippen LogP contribution is 2.36. The SMILES string of the molecule is O=C(CCC(=O)N1CCC[C@]2(CNCC[C@@H]2O)C1)Nc1nncs1. The molecule has 0 saturated carbocycles. The largest absolute Gasteiger partial charge is 0.392 e. The van der Waals surface area contributed by atoms with Crippen LogP contribution in [0.4, 0.5) is 5.13 Å². The quantitative estimate of drug-likeness (QED) is 0.715. The molecule has 3 N–H and O–H groups in total.